The van der Waals surface area contributed by atoms with Gasteiger partial charge in [0.2, 0.25) is 5.91 Å². The van der Waals surface area contributed by atoms with Crippen LogP contribution in [0.3, 0.4) is 0 Å². The van der Waals surface area contributed by atoms with Crippen molar-refractivity contribution < 1.29 is 9.90 Å². The van der Waals surface area contributed by atoms with Crippen molar-refractivity contribution in [1.29, 1.82) is 0 Å². The third-order valence-electron chi connectivity index (χ3n) is 5.52. The van der Waals surface area contributed by atoms with E-state index in [1.165, 1.54) is 11.1 Å². The number of aromatic nitrogens is 1. The average molecular weight is 351 g/mol. The Hall–Kier alpha value is -2.24. The fourth-order valence-electron chi connectivity index (χ4n) is 4.01. The number of aliphatic hydroxyl groups excluding tert-OH is 1. The summed E-state index contributed by atoms with van der Waals surface area (Å²) in [5.41, 5.74) is 3.58. The first kappa shape index (κ1) is 17.2. The number of aliphatic hydroxyl groups is 1. The molecule has 0 bridgehead atoms. The van der Waals surface area contributed by atoms with Gasteiger partial charge in [-0.25, -0.2) is 0 Å². The maximum Gasteiger partial charge on any atom is 0.234 e. The molecule has 0 radical (unpaired) electrons. The lowest BCUT2D eigenvalue weighted by Gasteiger charge is -2.38. The number of nitrogens with one attached hydrogen (secondary N) is 1. The molecule has 1 aliphatic heterocycles. The topological polar surface area (TPSA) is 65.5 Å². The zero-order valence-electron chi connectivity index (χ0n) is 14.8. The minimum absolute atomic E-state index is 0.0291. The first-order valence-corrected chi connectivity index (χ1v) is 9.36. The Labute approximate surface area is 154 Å². The quantitative estimate of drug-likeness (QED) is 0.865. The highest BCUT2D eigenvalue weighted by Gasteiger charge is 2.36. The van der Waals surface area contributed by atoms with Gasteiger partial charge in [0.15, 0.2) is 0 Å². The maximum absolute atomic E-state index is 12.7. The van der Waals surface area contributed by atoms with E-state index in [1.54, 1.807) is 6.20 Å². The van der Waals surface area contributed by atoms with E-state index in [2.05, 4.69) is 39.5 Å². The van der Waals surface area contributed by atoms with E-state index in [4.69, 9.17) is 0 Å². The zero-order chi connectivity index (χ0) is 17.9. The molecule has 1 unspecified atom stereocenters. The highest BCUT2D eigenvalue weighted by molar-refractivity contribution is 5.78. The van der Waals surface area contributed by atoms with Crippen molar-refractivity contribution >= 4 is 5.91 Å². The first-order valence-electron chi connectivity index (χ1n) is 9.36. The zero-order valence-corrected chi connectivity index (χ0v) is 14.8. The summed E-state index contributed by atoms with van der Waals surface area (Å²) in [5, 5.41) is 12.8. The van der Waals surface area contributed by atoms with Crippen molar-refractivity contribution in [2.45, 2.75) is 38.0 Å². The molecule has 1 aromatic carbocycles. The molecule has 1 atom stereocenters. The van der Waals surface area contributed by atoms with Gasteiger partial charge in [-0.15, -0.1) is 0 Å². The van der Waals surface area contributed by atoms with Crippen molar-refractivity contribution in [1.82, 2.24) is 15.2 Å². The lowest BCUT2D eigenvalue weighted by molar-refractivity contribution is -0.124. The van der Waals surface area contributed by atoms with Gasteiger partial charge >= 0.3 is 0 Å². The third kappa shape index (κ3) is 3.79. The van der Waals surface area contributed by atoms with Gasteiger partial charge < -0.3 is 10.4 Å². The highest BCUT2D eigenvalue weighted by Crippen LogP contribution is 2.37. The van der Waals surface area contributed by atoms with Crippen LogP contribution in [0.2, 0.25) is 0 Å². The van der Waals surface area contributed by atoms with Gasteiger partial charge in [-0.3, -0.25) is 14.7 Å². The molecule has 1 amide bonds. The lowest BCUT2D eigenvalue weighted by Crippen LogP contribution is -2.45. The Morgan fingerprint density at radius 1 is 1.19 bits per heavy atom. The molecule has 136 valence electrons. The van der Waals surface area contributed by atoms with E-state index in [0.29, 0.717) is 6.54 Å². The van der Waals surface area contributed by atoms with Crippen molar-refractivity contribution in [2.75, 3.05) is 13.1 Å². The number of carbonyl (C=O) groups is 1. The summed E-state index contributed by atoms with van der Waals surface area (Å²) >= 11 is 0. The van der Waals surface area contributed by atoms with E-state index in [1.807, 2.05) is 18.2 Å². The molecule has 26 heavy (non-hydrogen) atoms. The smallest absolute Gasteiger partial charge is 0.234 e. The van der Waals surface area contributed by atoms with Gasteiger partial charge in [-0.2, -0.15) is 0 Å². The molecule has 1 saturated carbocycles. The molecule has 2 heterocycles. The van der Waals surface area contributed by atoms with Gasteiger partial charge in [-0.05, 0) is 48.4 Å². The number of benzene rings is 1. The molecule has 2 N–H and O–H groups in total. The molecule has 1 aromatic heterocycles. The minimum atomic E-state index is -0.248. The van der Waals surface area contributed by atoms with E-state index >= 15 is 0 Å². The van der Waals surface area contributed by atoms with E-state index < -0.39 is 0 Å². The number of amides is 1. The van der Waals surface area contributed by atoms with Crippen molar-refractivity contribution in [3.05, 3.63) is 65.5 Å². The Bertz CT molecular complexity index is 759. The van der Waals surface area contributed by atoms with E-state index in [-0.39, 0.29) is 24.0 Å². The second-order valence-electron chi connectivity index (χ2n) is 7.41. The van der Waals surface area contributed by atoms with Crippen molar-refractivity contribution in [2.24, 2.45) is 5.92 Å². The summed E-state index contributed by atoms with van der Waals surface area (Å²) in [7, 11) is 0. The Kier molecular flexibility index (Phi) is 5.00. The molecule has 4 rings (SSSR count). The second kappa shape index (κ2) is 7.56. The molecule has 2 aliphatic rings. The Morgan fingerprint density at radius 2 is 1.96 bits per heavy atom. The molecule has 0 spiro atoms. The van der Waals surface area contributed by atoms with Crippen LogP contribution in [0.15, 0.2) is 48.7 Å². The predicted molar refractivity (Wildman–Crippen MR) is 99.3 cm³/mol. The number of pyridine rings is 1. The number of fused-ring (bicyclic) bond motifs is 1. The SMILES string of the molecule is O=C(CN1CCc2ccccc2C1)NC(c1ccccn1)C1CC(O)C1. The summed E-state index contributed by atoms with van der Waals surface area (Å²) < 4.78 is 0. The number of rotatable bonds is 5. The Balaban J connectivity index is 1.39. The van der Waals surface area contributed by atoms with Crippen LogP contribution in [0.4, 0.5) is 0 Å². The average Bonchev–Trinajstić information content (AvgIpc) is 2.64. The summed E-state index contributed by atoms with van der Waals surface area (Å²) in [6.45, 7) is 2.12. The monoisotopic (exact) mass is 351 g/mol. The van der Waals surface area contributed by atoms with Gasteiger partial charge in [-0.1, -0.05) is 30.3 Å². The van der Waals surface area contributed by atoms with Crippen LogP contribution in [0, 0.1) is 5.92 Å². The van der Waals surface area contributed by atoms with Crippen LogP contribution in [-0.4, -0.2) is 40.1 Å². The van der Waals surface area contributed by atoms with E-state index in [9.17, 15) is 9.90 Å². The Morgan fingerprint density at radius 3 is 2.69 bits per heavy atom. The first-order chi connectivity index (χ1) is 12.7. The van der Waals surface area contributed by atoms with Crippen LogP contribution in [0.1, 0.15) is 35.7 Å². The molecule has 5 heteroatoms. The summed E-state index contributed by atoms with van der Waals surface area (Å²) in [5.74, 6) is 0.285. The molecule has 1 fully saturated rings. The third-order valence-corrected chi connectivity index (χ3v) is 5.52. The van der Waals surface area contributed by atoms with Crippen molar-refractivity contribution in [3.63, 3.8) is 0 Å². The second-order valence-corrected chi connectivity index (χ2v) is 7.41. The molecular weight excluding hydrogens is 326 g/mol. The van der Waals surface area contributed by atoms with Gasteiger partial charge in [0.1, 0.15) is 0 Å². The van der Waals surface area contributed by atoms with Crippen LogP contribution in [-0.2, 0) is 17.8 Å². The molecule has 5 nitrogen and oxygen atoms in total. The van der Waals surface area contributed by atoms with E-state index in [0.717, 1.165) is 38.0 Å². The standard InChI is InChI=1S/C21H25N3O2/c25-18-11-17(12-18)21(19-7-3-4-9-22-19)23-20(26)14-24-10-8-15-5-1-2-6-16(15)13-24/h1-7,9,17-18,21,25H,8,10-14H2,(H,23,26). The van der Waals surface area contributed by atoms with Crippen LogP contribution in [0.5, 0.6) is 0 Å². The summed E-state index contributed by atoms with van der Waals surface area (Å²) in [6.07, 6.45) is 3.94. The van der Waals surface area contributed by atoms with Gasteiger partial charge in [0, 0.05) is 19.3 Å². The highest BCUT2D eigenvalue weighted by atomic mass is 16.3. The summed E-state index contributed by atoms with van der Waals surface area (Å²) in [4.78, 5) is 19.3. The number of hydrogen-bond donors (Lipinski definition) is 2. The van der Waals surface area contributed by atoms with Crippen LogP contribution in [0.25, 0.3) is 0 Å². The molecule has 0 saturated heterocycles. The number of nitrogens with zero attached hydrogens (tertiary/aromatic N) is 2. The fourth-order valence-corrected chi connectivity index (χ4v) is 4.01. The number of carbonyl (C=O) groups excluding carboxylic acids is 1. The number of hydrogen-bond acceptors (Lipinski definition) is 4. The predicted octanol–water partition coefficient (Wildman–Crippen LogP) is 2.07. The van der Waals surface area contributed by atoms with Gasteiger partial charge in [0.05, 0.1) is 24.4 Å². The molecule has 1 aliphatic carbocycles. The maximum atomic E-state index is 12.7. The minimum Gasteiger partial charge on any atom is -0.393 e. The largest absolute Gasteiger partial charge is 0.393 e. The van der Waals surface area contributed by atoms with Gasteiger partial charge in [0.25, 0.3) is 0 Å². The lowest BCUT2D eigenvalue weighted by atomic mass is 9.76. The fraction of sp³-hybridized carbons (Fsp3) is 0.429. The van der Waals surface area contributed by atoms with Crippen LogP contribution < -0.4 is 5.32 Å². The summed E-state index contributed by atoms with van der Waals surface area (Å²) in [6, 6.07) is 14.1. The normalized spacial score (nSPS) is 23.6. The molecule has 2 aromatic rings. The van der Waals surface area contributed by atoms with Crippen LogP contribution >= 0.6 is 0 Å². The molecular formula is C21H25N3O2. The van der Waals surface area contributed by atoms with Crippen molar-refractivity contribution in [3.8, 4) is 0 Å².